The Labute approximate surface area is 163 Å². The van der Waals surface area contributed by atoms with Gasteiger partial charge in [-0.15, -0.1) is 0 Å². The fourth-order valence-corrected chi connectivity index (χ4v) is 3.14. The Morgan fingerprint density at radius 3 is 2.72 bits per heavy atom. The third-order valence-electron chi connectivity index (χ3n) is 4.56. The van der Waals surface area contributed by atoms with Crippen LogP contribution in [0.1, 0.15) is 0 Å². The maximum atomic E-state index is 12.6. The lowest BCUT2D eigenvalue weighted by Gasteiger charge is -2.11. The average Bonchev–Trinajstić information content (AvgIpc) is 2.71. The number of nitrogens with zero attached hydrogens (tertiary/aromatic N) is 4. The Balaban J connectivity index is 1.90. The zero-order chi connectivity index (χ0) is 20.7. The van der Waals surface area contributed by atoms with Crippen LogP contribution in [0.5, 0.6) is 5.75 Å². The zero-order valence-corrected chi connectivity index (χ0v) is 15.5. The van der Waals surface area contributed by atoms with Gasteiger partial charge in [0.05, 0.1) is 29.1 Å². The van der Waals surface area contributed by atoms with Gasteiger partial charge in [-0.3, -0.25) is 14.9 Å². The van der Waals surface area contributed by atoms with Crippen LogP contribution < -0.4 is 21.3 Å². The number of nitro groups is 1. The van der Waals surface area contributed by atoms with Crippen LogP contribution in [-0.4, -0.2) is 26.6 Å². The summed E-state index contributed by atoms with van der Waals surface area (Å²) in [4.78, 5) is 32.0. The largest absolute Gasteiger partial charge is 0.497 e. The van der Waals surface area contributed by atoms with Crippen molar-refractivity contribution >= 4 is 44.8 Å². The number of non-ortho nitro benzene ring substituents is 1. The molecule has 0 aliphatic carbocycles. The normalized spacial score (nSPS) is 11.0. The SMILES string of the molecule is COc1cc(N)cc(Nc2ncc3c(n2)c2ccc([N+](=O)[O-])cc2c(=O)n3C)c1. The summed E-state index contributed by atoms with van der Waals surface area (Å²) in [6.07, 6.45) is 1.52. The molecule has 3 N–H and O–H groups in total. The van der Waals surface area contributed by atoms with Crippen molar-refractivity contribution < 1.29 is 9.66 Å². The number of aromatic nitrogens is 3. The number of benzene rings is 2. The number of fused-ring (bicyclic) bond motifs is 3. The maximum Gasteiger partial charge on any atom is 0.270 e. The molecule has 146 valence electrons. The number of methoxy groups -OCH3 is 1. The van der Waals surface area contributed by atoms with Crippen LogP contribution >= 0.6 is 0 Å². The number of nitrogens with two attached hydrogens (primary N) is 1. The monoisotopic (exact) mass is 392 g/mol. The Morgan fingerprint density at radius 2 is 2.00 bits per heavy atom. The number of pyridine rings is 1. The van der Waals surface area contributed by atoms with Gasteiger partial charge in [-0.25, -0.2) is 9.97 Å². The summed E-state index contributed by atoms with van der Waals surface area (Å²) < 4.78 is 6.58. The van der Waals surface area contributed by atoms with Gasteiger partial charge in [0, 0.05) is 48.1 Å². The highest BCUT2D eigenvalue weighted by molar-refractivity contribution is 6.04. The number of nitro benzene ring substituents is 1. The van der Waals surface area contributed by atoms with E-state index >= 15 is 0 Å². The number of ether oxygens (including phenoxy) is 1. The third kappa shape index (κ3) is 3.16. The van der Waals surface area contributed by atoms with E-state index in [0.717, 1.165) is 0 Å². The second-order valence-electron chi connectivity index (χ2n) is 6.40. The van der Waals surface area contributed by atoms with Crippen molar-refractivity contribution in [1.29, 1.82) is 0 Å². The number of aryl methyl sites for hydroxylation is 1. The fourth-order valence-electron chi connectivity index (χ4n) is 3.14. The second-order valence-corrected chi connectivity index (χ2v) is 6.40. The van der Waals surface area contributed by atoms with Gasteiger partial charge >= 0.3 is 0 Å². The Kier molecular flexibility index (Phi) is 4.23. The van der Waals surface area contributed by atoms with Crippen LogP contribution in [-0.2, 0) is 7.05 Å². The molecule has 0 radical (unpaired) electrons. The van der Waals surface area contributed by atoms with E-state index in [9.17, 15) is 14.9 Å². The first-order chi connectivity index (χ1) is 13.9. The molecule has 0 amide bonds. The van der Waals surface area contributed by atoms with E-state index < -0.39 is 4.92 Å². The summed E-state index contributed by atoms with van der Waals surface area (Å²) >= 11 is 0. The summed E-state index contributed by atoms with van der Waals surface area (Å²) in [5, 5.41) is 14.9. The highest BCUT2D eigenvalue weighted by atomic mass is 16.6. The van der Waals surface area contributed by atoms with Gasteiger partial charge in [0.15, 0.2) is 0 Å². The summed E-state index contributed by atoms with van der Waals surface area (Å²) in [6.45, 7) is 0. The predicted molar refractivity (Wildman–Crippen MR) is 110 cm³/mol. The number of rotatable bonds is 4. The Morgan fingerprint density at radius 1 is 1.21 bits per heavy atom. The number of nitrogens with one attached hydrogen (secondary N) is 1. The maximum absolute atomic E-state index is 12.6. The number of hydrogen-bond acceptors (Lipinski definition) is 8. The van der Waals surface area contributed by atoms with Crippen molar-refractivity contribution in [3.8, 4) is 5.75 Å². The Hall–Kier alpha value is -4.21. The molecule has 0 unspecified atom stereocenters. The molecule has 0 spiro atoms. The van der Waals surface area contributed by atoms with Gasteiger partial charge in [0.25, 0.3) is 11.2 Å². The van der Waals surface area contributed by atoms with Gasteiger partial charge < -0.3 is 20.4 Å². The molecule has 2 aromatic carbocycles. The van der Waals surface area contributed by atoms with Gasteiger partial charge in [-0.1, -0.05) is 0 Å². The van der Waals surface area contributed by atoms with E-state index in [0.29, 0.717) is 33.5 Å². The molecule has 0 aliphatic rings. The minimum atomic E-state index is -0.538. The molecule has 0 bridgehead atoms. The number of hydrogen-bond donors (Lipinski definition) is 2. The van der Waals surface area contributed by atoms with Crippen molar-refractivity contribution in [2.45, 2.75) is 0 Å². The van der Waals surface area contributed by atoms with Crippen molar-refractivity contribution in [1.82, 2.24) is 14.5 Å². The molecule has 2 heterocycles. The molecule has 0 saturated heterocycles. The number of nitrogen functional groups attached to an aromatic ring is 1. The first-order valence-corrected chi connectivity index (χ1v) is 8.53. The molecule has 0 atom stereocenters. The standard InChI is InChI=1S/C19H16N6O4/c1-24-16-9-21-19(22-11-5-10(20)6-13(7-11)29-2)23-17(16)14-4-3-12(25(27)28)8-15(14)18(24)26/h3-9H,20H2,1-2H3,(H,21,22,23). The highest BCUT2D eigenvalue weighted by Gasteiger charge is 2.15. The van der Waals surface area contributed by atoms with Crippen LogP contribution in [0.25, 0.3) is 21.8 Å². The fraction of sp³-hybridized carbons (Fsp3) is 0.105. The molecule has 10 heteroatoms. The minimum Gasteiger partial charge on any atom is -0.497 e. The Bertz CT molecular complexity index is 1350. The zero-order valence-electron chi connectivity index (χ0n) is 15.5. The molecule has 4 aromatic rings. The smallest absolute Gasteiger partial charge is 0.270 e. The quantitative estimate of drug-likeness (QED) is 0.234. The summed E-state index contributed by atoms with van der Waals surface area (Å²) in [6, 6.07) is 9.26. The molecule has 0 fully saturated rings. The van der Waals surface area contributed by atoms with E-state index in [1.807, 2.05) is 0 Å². The topological polar surface area (TPSA) is 138 Å². The van der Waals surface area contributed by atoms with Gasteiger partial charge in [-0.2, -0.15) is 0 Å². The first kappa shape index (κ1) is 18.2. The van der Waals surface area contributed by atoms with Crippen molar-refractivity contribution in [2.75, 3.05) is 18.2 Å². The van der Waals surface area contributed by atoms with E-state index in [4.69, 9.17) is 10.5 Å². The van der Waals surface area contributed by atoms with Gasteiger partial charge in [-0.05, 0) is 12.1 Å². The first-order valence-electron chi connectivity index (χ1n) is 8.53. The average molecular weight is 392 g/mol. The van der Waals surface area contributed by atoms with E-state index in [-0.39, 0.29) is 22.6 Å². The third-order valence-corrected chi connectivity index (χ3v) is 4.56. The van der Waals surface area contributed by atoms with Crippen LogP contribution in [0.3, 0.4) is 0 Å². The van der Waals surface area contributed by atoms with Gasteiger partial charge in [0.1, 0.15) is 11.3 Å². The highest BCUT2D eigenvalue weighted by Crippen LogP contribution is 2.27. The predicted octanol–water partition coefficient (Wildman–Crippen LogP) is 2.72. The summed E-state index contributed by atoms with van der Waals surface area (Å²) in [7, 11) is 3.11. The summed E-state index contributed by atoms with van der Waals surface area (Å²) in [5.74, 6) is 0.858. The molecule has 0 saturated carbocycles. The minimum absolute atomic E-state index is 0.159. The molecular weight excluding hydrogens is 376 g/mol. The molecule has 4 rings (SSSR count). The van der Waals surface area contributed by atoms with E-state index in [2.05, 4.69) is 15.3 Å². The number of anilines is 3. The van der Waals surface area contributed by atoms with Crippen molar-refractivity contribution in [2.24, 2.45) is 7.05 Å². The van der Waals surface area contributed by atoms with Crippen LogP contribution in [0, 0.1) is 10.1 Å². The molecule has 29 heavy (non-hydrogen) atoms. The lowest BCUT2D eigenvalue weighted by molar-refractivity contribution is -0.384. The van der Waals surface area contributed by atoms with E-state index in [1.54, 1.807) is 25.2 Å². The lowest BCUT2D eigenvalue weighted by atomic mass is 10.1. The molecule has 2 aromatic heterocycles. The van der Waals surface area contributed by atoms with Gasteiger partial charge in [0.2, 0.25) is 5.95 Å². The van der Waals surface area contributed by atoms with E-state index in [1.165, 1.54) is 36.1 Å². The van der Waals surface area contributed by atoms with Crippen LogP contribution in [0.2, 0.25) is 0 Å². The van der Waals surface area contributed by atoms with Crippen LogP contribution in [0.4, 0.5) is 23.0 Å². The van der Waals surface area contributed by atoms with Crippen LogP contribution in [0.15, 0.2) is 47.4 Å². The summed E-state index contributed by atoms with van der Waals surface area (Å²) in [5.41, 5.74) is 7.49. The lowest BCUT2D eigenvalue weighted by Crippen LogP contribution is -2.18. The van der Waals surface area contributed by atoms with Crippen molar-refractivity contribution in [3.63, 3.8) is 0 Å². The second kappa shape index (κ2) is 6.75. The molecular formula is C19H16N6O4. The van der Waals surface area contributed by atoms with Crippen molar-refractivity contribution in [3.05, 3.63) is 63.1 Å². The molecule has 0 aliphatic heterocycles. The molecule has 10 nitrogen and oxygen atoms in total.